The molecule has 0 radical (unpaired) electrons. The van der Waals surface area contributed by atoms with Crippen LogP contribution in [0.5, 0.6) is 0 Å². The molecule has 0 spiro atoms. The van der Waals surface area contributed by atoms with Gasteiger partial charge in [0.2, 0.25) is 5.95 Å². The minimum absolute atomic E-state index is 0.00832. The van der Waals surface area contributed by atoms with E-state index in [1.54, 1.807) is 17.5 Å². The third-order valence-electron chi connectivity index (χ3n) is 4.90. The lowest BCUT2D eigenvalue weighted by molar-refractivity contribution is 0.281. The van der Waals surface area contributed by atoms with E-state index < -0.39 is 0 Å². The van der Waals surface area contributed by atoms with Crippen molar-refractivity contribution < 1.29 is 0 Å². The van der Waals surface area contributed by atoms with Crippen molar-refractivity contribution in [1.82, 2.24) is 19.9 Å². The predicted octanol–water partition coefficient (Wildman–Crippen LogP) is 2.46. The molecular formula is C20H23N5OS. The lowest BCUT2D eigenvalue weighted by Crippen LogP contribution is -2.26. The van der Waals surface area contributed by atoms with Crippen LogP contribution < -0.4 is 10.5 Å². The van der Waals surface area contributed by atoms with Gasteiger partial charge in [0, 0.05) is 62.5 Å². The molecule has 1 aliphatic rings. The SMILES string of the molecule is CN(Cc1cccnc1)c1nc2c(c(=O)[nH]1)CCN(Cc1cccs1)CC2. The van der Waals surface area contributed by atoms with E-state index in [9.17, 15) is 4.79 Å². The number of pyridine rings is 1. The maximum atomic E-state index is 12.7. The van der Waals surface area contributed by atoms with Crippen LogP contribution in [-0.2, 0) is 25.9 Å². The Bertz CT molecular complexity index is 939. The Morgan fingerprint density at radius 2 is 2.15 bits per heavy atom. The van der Waals surface area contributed by atoms with Gasteiger partial charge in [-0.1, -0.05) is 12.1 Å². The molecule has 1 aliphatic heterocycles. The molecule has 0 bridgehead atoms. The number of aromatic amines is 1. The number of nitrogens with zero attached hydrogens (tertiary/aromatic N) is 4. The first kappa shape index (κ1) is 17.9. The Balaban J connectivity index is 1.50. The third-order valence-corrected chi connectivity index (χ3v) is 5.76. The van der Waals surface area contributed by atoms with E-state index in [1.807, 2.05) is 30.3 Å². The Morgan fingerprint density at radius 3 is 2.93 bits per heavy atom. The van der Waals surface area contributed by atoms with Gasteiger partial charge in [-0.3, -0.25) is 19.7 Å². The van der Waals surface area contributed by atoms with Crippen molar-refractivity contribution in [3.8, 4) is 0 Å². The Kier molecular flexibility index (Phi) is 5.31. The lowest BCUT2D eigenvalue weighted by atomic mass is 10.1. The van der Waals surface area contributed by atoms with E-state index in [0.717, 1.165) is 49.3 Å². The summed E-state index contributed by atoms with van der Waals surface area (Å²) in [5.74, 6) is 0.620. The van der Waals surface area contributed by atoms with Gasteiger partial charge in [-0.2, -0.15) is 0 Å². The normalized spacial score (nSPS) is 14.6. The fourth-order valence-corrected chi connectivity index (χ4v) is 4.19. The van der Waals surface area contributed by atoms with Crippen LogP contribution in [-0.4, -0.2) is 40.0 Å². The zero-order valence-corrected chi connectivity index (χ0v) is 16.2. The van der Waals surface area contributed by atoms with Gasteiger partial charge in [0.05, 0.1) is 5.69 Å². The summed E-state index contributed by atoms with van der Waals surface area (Å²) in [7, 11) is 1.94. The van der Waals surface area contributed by atoms with Gasteiger partial charge in [0.25, 0.3) is 5.56 Å². The van der Waals surface area contributed by atoms with Crippen LogP contribution >= 0.6 is 11.3 Å². The zero-order chi connectivity index (χ0) is 18.6. The first-order valence-corrected chi connectivity index (χ1v) is 10.0. The zero-order valence-electron chi connectivity index (χ0n) is 15.4. The van der Waals surface area contributed by atoms with Crippen molar-refractivity contribution in [2.75, 3.05) is 25.0 Å². The number of anilines is 1. The number of H-pyrrole nitrogens is 1. The molecule has 0 aliphatic carbocycles. The van der Waals surface area contributed by atoms with Gasteiger partial charge < -0.3 is 4.90 Å². The van der Waals surface area contributed by atoms with Gasteiger partial charge in [0.1, 0.15) is 0 Å². The molecule has 0 unspecified atom stereocenters. The largest absolute Gasteiger partial charge is 0.341 e. The molecule has 7 heteroatoms. The highest BCUT2D eigenvalue weighted by molar-refractivity contribution is 7.09. The van der Waals surface area contributed by atoms with Crippen molar-refractivity contribution in [3.63, 3.8) is 0 Å². The molecule has 0 amide bonds. The number of hydrogen-bond acceptors (Lipinski definition) is 6. The average Bonchev–Trinajstić information content (AvgIpc) is 3.09. The number of thiophene rings is 1. The van der Waals surface area contributed by atoms with Crippen molar-refractivity contribution in [1.29, 1.82) is 0 Å². The molecule has 3 aromatic rings. The summed E-state index contributed by atoms with van der Waals surface area (Å²) >= 11 is 1.78. The second-order valence-corrected chi connectivity index (χ2v) is 7.92. The second kappa shape index (κ2) is 8.02. The van der Waals surface area contributed by atoms with Crippen LogP contribution in [0.2, 0.25) is 0 Å². The number of hydrogen-bond donors (Lipinski definition) is 1. The predicted molar refractivity (Wildman–Crippen MR) is 108 cm³/mol. The van der Waals surface area contributed by atoms with Crippen LogP contribution in [0, 0.1) is 0 Å². The molecular weight excluding hydrogens is 358 g/mol. The van der Waals surface area contributed by atoms with E-state index in [-0.39, 0.29) is 5.56 Å². The van der Waals surface area contributed by atoms with Crippen LogP contribution in [0.4, 0.5) is 5.95 Å². The molecule has 0 saturated heterocycles. The standard InChI is InChI=1S/C20H23N5OS/c1-24(13-15-4-2-8-21-12-15)20-22-18-7-10-25(14-16-5-3-11-27-16)9-6-17(18)19(26)23-20/h2-5,8,11-12H,6-7,9-10,13-14H2,1H3,(H,22,23,26). The smallest absolute Gasteiger partial charge is 0.255 e. The maximum Gasteiger partial charge on any atom is 0.255 e. The van der Waals surface area contributed by atoms with Crippen LogP contribution in [0.1, 0.15) is 21.7 Å². The Labute approximate surface area is 162 Å². The highest BCUT2D eigenvalue weighted by atomic mass is 32.1. The average molecular weight is 382 g/mol. The molecule has 0 saturated carbocycles. The molecule has 27 heavy (non-hydrogen) atoms. The Hall–Kier alpha value is -2.51. The summed E-state index contributed by atoms with van der Waals surface area (Å²) in [6.45, 7) is 3.41. The number of fused-ring (bicyclic) bond motifs is 1. The fraction of sp³-hybridized carbons (Fsp3) is 0.350. The van der Waals surface area contributed by atoms with E-state index in [4.69, 9.17) is 4.98 Å². The maximum absolute atomic E-state index is 12.7. The molecule has 140 valence electrons. The molecule has 6 nitrogen and oxygen atoms in total. The summed E-state index contributed by atoms with van der Waals surface area (Å²) in [6, 6.07) is 8.19. The summed E-state index contributed by atoms with van der Waals surface area (Å²) in [4.78, 5) is 30.3. The first-order chi connectivity index (χ1) is 13.2. The van der Waals surface area contributed by atoms with Crippen LogP contribution in [0.15, 0.2) is 46.8 Å². The second-order valence-electron chi connectivity index (χ2n) is 6.89. The summed E-state index contributed by atoms with van der Waals surface area (Å²) in [6.07, 6.45) is 5.14. The van der Waals surface area contributed by atoms with Crippen molar-refractivity contribution in [2.24, 2.45) is 0 Å². The molecule has 3 aromatic heterocycles. The number of nitrogens with one attached hydrogen (secondary N) is 1. The first-order valence-electron chi connectivity index (χ1n) is 9.16. The Morgan fingerprint density at radius 1 is 1.26 bits per heavy atom. The van der Waals surface area contributed by atoms with Crippen LogP contribution in [0.25, 0.3) is 0 Å². The summed E-state index contributed by atoms with van der Waals surface area (Å²) in [5.41, 5.74) is 2.84. The van der Waals surface area contributed by atoms with Crippen molar-refractivity contribution in [3.05, 3.63) is 74.1 Å². The van der Waals surface area contributed by atoms with Crippen LogP contribution in [0.3, 0.4) is 0 Å². The van der Waals surface area contributed by atoms with Gasteiger partial charge in [-0.25, -0.2) is 4.98 Å². The van der Waals surface area contributed by atoms with Gasteiger partial charge in [-0.05, 0) is 29.5 Å². The van der Waals surface area contributed by atoms with Gasteiger partial charge in [0.15, 0.2) is 0 Å². The minimum Gasteiger partial charge on any atom is -0.341 e. The van der Waals surface area contributed by atoms with Crippen molar-refractivity contribution in [2.45, 2.75) is 25.9 Å². The fourth-order valence-electron chi connectivity index (χ4n) is 3.44. The third kappa shape index (κ3) is 4.26. The highest BCUT2D eigenvalue weighted by Crippen LogP contribution is 2.18. The number of rotatable bonds is 5. The quantitative estimate of drug-likeness (QED) is 0.735. The summed E-state index contributed by atoms with van der Waals surface area (Å²) < 4.78 is 0. The van der Waals surface area contributed by atoms with Gasteiger partial charge in [-0.15, -0.1) is 11.3 Å². The topological polar surface area (TPSA) is 65.1 Å². The van der Waals surface area contributed by atoms with E-state index in [0.29, 0.717) is 12.5 Å². The molecule has 1 N–H and O–H groups in total. The summed E-state index contributed by atoms with van der Waals surface area (Å²) in [5, 5.41) is 2.11. The van der Waals surface area contributed by atoms with E-state index >= 15 is 0 Å². The minimum atomic E-state index is -0.00832. The monoisotopic (exact) mass is 381 g/mol. The van der Waals surface area contributed by atoms with Gasteiger partial charge >= 0.3 is 0 Å². The van der Waals surface area contributed by atoms with E-state index in [1.165, 1.54) is 4.88 Å². The molecule has 0 atom stereocenters. The molecule has 4 heterocycles. The lowest BCUT2D eigenvalue weighted by Gasteiger charge is -2.19. The van der Waals surface area contributed by atoms with E-state index in [2.05, 4.69) is 32.4 Å². The molecule has 0 fully saturated rings. The number of aromatic nitrogens is 3. The van der Waals surface area contributed by atoms with Crippen molar-refractivity contribution >= 4 is 17.3 Å². The highest BCUT2D eigenvalue weighted by Gasteiger charge is 2.20. The molecule has 4 rings (SSSR count). The molecule has 0 aromatic carbocycles.